The van der Waals surface area contributed by atoms with Gasteiger partial charge in [0.05, 0.1) is 6.04 Å². The number of aromatic amines is 1. The molecule has 0 aliphatic heterocycles. The minimum atomic E-state index is 0.120. The molecule has 2 aromatic heterocycles. The van der Waals surface area contributed by atoms with E-state index in [0.717, 1.165) is 22.1 Å². The summed E-state index contributed by atoms with van der Waals surface area (Å²) in [6.07, 6.45) is 1.49. The average Bonchev–Trinajstić information content (AvgIpc) is 2.96. The Kier molecular flexibility index (Phi) is 3.29. The molecule has 16 heavy (non-hydrogen) atoms. The molecule has 0 aliphatic rings. The highest BCUT2D eigenvalue weighted by Gasteiger charge is 2.08. The second kappa shape index (κ2) is 4.88. The third kappa shape index (κ3) is 2.45. The van der Waals surface area contributed by atoms with E-state index in [4.69, 9.17) is 5.26 Å². The van der Waals surface area contributed by atoms with Gasteiger partial charge in [0.15, 0.2) is 0 Å². The Morgan fingerprint density at radius 1 is 1.62 bits per heavy atom. The molecule has 2 aromatic rings. The fraction of sp³-hybridized carbons (Fsp3) is 0.300. The lowest BCUT2D eigenvalue weighted by atomic mass is 10.3. The smallest absolute Gasteiger partial charge is 0.141 e. The van der Waals surface area contributed by atoms with Crippen molar-refractivity contribution in [1.82, 2.24) is 20.5 Å². The Bertz CT molecular complexity index is 482. The van der Waals surface area contributed by atoms with E-state index >= 15 is 0 Å². The second-order valence-electron chi connectivity index (χ2n) is 3.35. The van der Waals surface area contributed by atoms with Crippen molar-refractivity contribution in [3.05, 3.63) is 34.0 Å². The predicted molar refractivity (Wildman–Crippen MR) is 60.7 cm³/mol. The SMILES string of the molecule is CC(NCc1ccc(C#N)s1)c1ncn[nH]1. The van der Waals surface area contributed by atoms with Crippen molar-refractivity contribution in [3.63, 3.8) is 0 Å². The third-order valence-electron chi connectivity index (χ3n) is 2.20. The van der Waals surface area contributed by atoms with Gasteiger partial charge in [0, 0.05) is 11.4 Å². The molecular formula is C10H11N5S. The van der Waals surface area contributed by atoms with Gasteiger partial charge in [-0.25, -0.2) is 4.98 Å². The molecular weight excluding hydrogens is 222 g/mol. The van der Waals surface area contributed by atoms with Crippen LogP contribution in [0.25, 0.3) is 0 Å². The molecule has 1 unspecified atom stereocenters. The first-order valence-corrected chi connectivity index (χ1v) is 5.68. The van der Waals surface area contributed by atoms with Crippen molar-refractivity contribution in [2.24, 2.45) is 0 Å². The molecule has 1 atom stereocenters. The normalized spacial score (nSPS) is 12.2. The number of nitrogens with one attached hydrogen (secondary N) is 2. The number of thiophene rings is 1. The van der Waals surface area contributed by atoms with Crippen LogP contribution in [0, 0.1) is 11.3 Å². The van der Waals surface area contributed by atoms with Crippen molar-refractivity contribution in [1.29, 1.82) is 5.26 Å². The largest absolute Gasteiger partial charge is 0.303 e. The molecule has 6 heteroatoms. The van der Waals surface area contributed by atoms with Crippen LogP contribution in [0.1, 0.15) is 28.5 Å². The highest BCUT2D eigenvalue weighted by Crippen LogP contribution is 2.16. The molecule has 0 saturated carbocycles. The van der Waals surface area contributed by atoms with E-state index in [9.17, 15) is 0 Å². The van der Waals surface area contributed by atoms with Gasteiger partial charge in [-0.15, -0.1) is 11.3 Å². The summed E-state index contributed by atoms with van der Waals surface area (Å²) >= 11 is 1.50. The van der Waals surface area contributed by atoms with Crippen molar-refractivity contribution < 1.29 is 0 Å². The van der Waals surface area contributed by atoms with Gasteiger partial charge < -0.3 is 5.32 Å². The Labute approximate surface area is 97.1 Å². The lowest BCUT2D eigenvalue weighted by Crippen LogP contribution is -2.18. The van der Waals surface area contributed by atoms with E-state index in [1.165, 1.54) is 17.7 Å². The first-order chi connectivity index (χ1) is 7.79. The minimum absolute atomic E-state index is 0.120. The minimum Gasteiger partial charge on any atom is -0.303 e. The molecule has 2 N–H and O–H groups in total. The number of aromatic nitrogens is 3. The van der Waals surface area contributed by atoms with Crippen molar-refractivity contribution in [3.8, 4) is 6.07 Å². The fourth-order valence-corrected chi connectivity index (χ4v) is 2.06. The summed E-state index contributed by atoms with van der Waals surface area (Å²) in [6.45, 7) is 2.74. The van der Waals surface area contributed by atoms with E-state index in [1.54, 1.807) is 0 Å². The molecule has 0 spiro atoms. The summed E-state index contributed by atoms with van der Waals surface area (Å²) in [6, 6.07) is 6.04. The summed E-state index contributed by atoms with van der Waals surface area (Å²) in [5, 5.41) is 18.6. The number of H-pyrrole nitrogens is 1. The van der Waals surface area contributed by atoms with Crippen LogP contribution >= 0.6 is 11.3 Å². The molecule has 82 valence electrons. The molecule has 0 fully saturated rings. The van der Waals surface area contributed by atoms with Gasteiger partial charge in [-0.1, -0.05) is 0 Å². The summed E-state index contributed by atoms with van der Waals surface area (Å²) in [4.78, 5) is 5.95. The summed E-state index contributed by atoms with van der Waals surface area (Å²) in [7, 11) is 0. The molecule has 0 aromatic carbocycles. The lowest BCUT2D eigenvalue weighted by molar-refractivity contribution is 0.551. The van der Waals surface area contributed by atoms with Crippen LogP contribution in [0.3, 0.4) is 0 Å². The molecule has 0 saturated heterocycles. The zero-order valence-electron chi connectivity index (χ0n) is 8.77. The van der Waals surface area contributed by atoms with Gasteiger partial charge in [-0.2, -0.15) is 10.4 Å². The number of nitriles is 1. The zero-order valence-corrected chi connectivity index (χ0v) is 9.58. The highest BCUT2D eigenvalue weighted by atomic mass is 32.1. The number of rotatable bonds is 4. The maximum Gasteiger partial charge on any atom is 0.141 e. The fourth-order valence-electron chi connectivity index (χ4n) is 1.31. The quantitative estimate of drug-likeness (QED) is 0.840. The van der Waals surface area contributed by atoms with Gasteiger partial charge in [0.25, 0.3) is 0 Å². The lowest BCUT2D eigenvalue weighted by Gasteiger charge is -2.09. The maximum absolute atomic E-state index is 8.70. The Morgan fingerprint density at radius 2 is 2.50 bits per heavy atom. The van der Waals surface area contributed by atoms with Gasteiger partial charge >= 0.3 is 0 Å². The first kappa shape index (κ1) is 10.8. The van der Waals surface area contributed by atoms with Gasteiger partial charge in [0.2, 0.25) is 0 Å². The summed E-state index contributed by atoms with van der Waals surface area (Å²) in [5.41, 5.74) is 0. The molecule has 0 bridgehead atoms. The average molecular weight is 233 g/mol. The third-order valence-corrected chi connectivity index (χ3v) is 3.19. The van der Waals surface area contributed by atoms with Crippen LogP contribution in [-0.2, 0) is 6.54 Å². The molecule has 0 aliphatic carbocycles. The number of hydrogen-bond acceptors (Lipinski definition) is 5. The Morgan fingerprint density at radius 3 is 3.12 bits per heavy atom. The maximum atomic E-state index is 8.70. The number of hydrogen-bond donors (Lipinski definition) is 2. The second-order valence-corrected chi connectivity index (χ2v) is 4.52. The van der Waals surface area contributed by atoms with Gasteiger partial charge in [0.1, 0.15) is 23.1 Å². The van der Waals surface area contributed by atoms with Crippen molar-refractivity contribution in [2.45, 2.75) is 19.5 Å². The van der Waals surface area contributed by atoms with Gasteiger partial charge in [-0.3, -0.25) is 5.10 Å². The van der Waals surface area contributed by atoms with Crippen LogP contribution in [0.2, 0.25) is 0 Å². The van der Waals surface area contributed by atoms with E-state index in [-0.39, 0.29) is 6.04 Å². The van der Waals surface area contributed by atoms with E-state index in [2.05, 4.69) is 26.6 Å². The Balaban J connectivity index is 1.90. The Hall–Kier alpha value is -1.71. The van der Waals surface area contributed by atoms with E-state index in [0.29, 0.717) is 0 Å². The van der Waals surface area contributed by atoms with Crippen LogP contribution < -0.4 is 5.32 Å². The number of nitrogens with zero attached hydrogens (tertiary/aromatic N) is 3. The monoisotopic (exact) mass is 233 g/mol. The van der Waals surface area contributed by atoms with Crippen LogP contribution in [-0.4, -0.2) is 15.2 Å². The molecule has 0 amide bonds. The molecule has 2 rings (SSSR count). The van der Waals surface area contributed by atoms with Crippen molar-refractivity contribution >= 4 is 11.3 Å². The summed E-state index contributed by atoms with van der Waals surface area (Å²) < 4.78 is 0. The molecule has 5 nitrogen and oxygen atoms in total. The topological polar surface area (TPSA) is 77.4 Å². The summed E-state index contributed by atoms with van der Waals surface area (Å²) in [5.74, 6) is 0.817. The predicted octanol–water partition coefficient (Wildman–Crippen LogP) is 1.59. The first-order valence-electron chi connectivity index (χ1n) is 4.87. The van der Waals surface area contributed by atoms with Crippen LogP contribution in [0.4, 0.5) is 0 Å². The van der Waals surface area contributed by atoms with E-state index < -0.39 is 0 Å². The van der Waals surface area contributed by atoms with E-state index in [1.807, 2.05) is 19.1 Å². The zero-order chi connectivity index (χ0) is 11.4. The van der Waals surface area contributed by atoms with Crippen LogP contribution in [0.5, 0.6) is 0 Å². The molecule has 2 heterocycles. The standard InChI is InChI=1S/C10H11N5S/c1-7(10-13-6-14-15-10)12-5-9-3-2-8(4-11)16-9/h2-3,6-7,12H,5H2,1H3,(H,13,14,15). The van der Waals surface area contributed by atoms with Gasteiger partial charge in [-0.05, 0) is 19.1 Å². The molecule has 0 radical (unpaired) electrons. The highest BCUT2D eigenvalue weighted by molar-refractivity contribution is 7.12. The van der Waals surface area contributed by atoms with Crippen LogP contribution in [0.15, 0.2) is 18.5 Å². The van der Waals surface area contributed by atoms with Crippen molar-refractivity contribution in [2.75, 3.05) is 0 Å².